The van der Waals surface area contributed by atoms with Crippen LogP contribution in [0.25, 0.3) is 0 Å². The first-order chi connectivity index (χ1) is 26.0. The van der Waals surface area contributed by atoms with Crippen molar-refractivity contribution in [2.45, 2.75) is 145 Å². The summed E-state index contributed by atoms with van der Waals surface area (Å²) in [6.07, 6.45) is 10.4. The van der Waals surface area contributed by atoms with Gasteiger partial charge >= 0.3 is 11.9 Å². The highest BCUT2D eigenvalue weighted by molar-refractivity contribution is 6.00. The van der Waals surface area contributed by atoms with E-state index in [2.05, 4.69) is 82.3 Å². The number of carboxylic acid groups (broad SMARTS) is 1. The molecule has 56 heavy (non-hydrogen) atoms. The van der Waals surface area contributed by atoms with Gasteiger partial charge in [0, 0.05) is 49.6 Å². The molecule has 9 atom stereocenters. The number of fused-ring (bicyclic) bond motifs is 7. The van der Waals surface area contributed by atoms with Crippen LogP contribution in [0.1, 0.15) is 132 Å². The van der Waals surface area contributed by atoms with Gasteiger partial charge in [0.15, 0.2) is 5.78 Å². The van der Waals surface area contributed by atoms with Crippen LogP contribution in [0.3, 0.4) is 0 Å². The fourth-order valence-corrected chi connectivity index (χ4v) is 13.5. The summed E-state index contributed by atoms with van der Waals surface area (Å²) in [5, 5.41) is 22.3. The van der Waals surface area contributed by atoms with Gasteiger partial charge in [0.2, 0.25) is 0 Å². The van der Waals surface area contributed by atoms with Crippen molar-refractivity contribution >= 4 is 17.7 Å². The molecule has 9 unspecified atom stereocenters. The first-order valence-corrected chi connectivity index (χ1v) is 21.5. The molecule has 1 aromatic rings. The number of carbonyl (C=O) groups is 3. The Balaban J connectivity index is 1.29. The first kappa shape index (κ1) is 42.9. The van der Waals surface area contributed by atoms with E-state index in [4.69, 9.17) is 4.74 Å². The first-order valence-electron chi connectivity index (χ1n) is 21.5. The van der Waals surface area contributed by atoms with Gasteiger partial charge in [-0.05, 0) is 131 Å². The van der Waals surface area contributed by atoms with Gasteiger partial charge in [0.25, 0.3) is 0 Å². The molecule has 4 fully saturated rings. The average Bonchev–Trinajstić information content (AvgIpc) is 3.42. The lowest BCUT2D eigenvalue weighted by molar-refractivity contribution is -0.235. The van der Waals surface area contributed by atoms with Gasteiger partial charge in [0.05, 0.1) is 23.6 Å². The van der Waals surface area contributed by atoms with E-state index in [0.717, 1.165) is 75.7 Å². The standard InChI is InChI=1S/C46H72N4O6/c1-29(2)38-32(51)24-46(35(52)27-50(23-22-49(10)11)26-30-16-21-47-28-48-30)20-19-44(8)31(39(38)46)12-13-34-43(7)17-15-36(56-37(53)25-41(3,4)40(54)55)42(5,6)33(43)14-18-45(34,44)9/h16,21,28-29,31,33-36,52H,12-15,17-20,22-27H2,1-11H3,(H,54,55). The van der Waals surface area contributed by atoms with E-state index >= 15 is 0 Å². The number of aromatic nitrogens is 2. The van der Waals surface area contributed by atoms with Crippen LogP contribution in [0.4, 0.5) is 0 Å². The summed E-state index contributed by atoms with van der Waals surface area (Å²) < 4.78 is 6.19. The highest BCUT2D eigenvalue weighted by atomic mass is 16.5. The molecule has 0 radical (unpaired) electrons. The molecular weight excluding hydrogens is 705 g/mol. The normalized spacial score (nSPS) is 35.9. The Morgan fingerprint density at radius 2 is 1.68 bits per heavy atom. The lowest BCUT2D eigenvalue weighted by Gasteiger charge is -2.72. The van der Waals surface area contributed by atoms with Crippen molar-refractivity contribution in [2.24, 2.45) is 56.2 Å². The molecule has 10 heteroatoms. The summed E-state index contributed by atoms with van der Waals surface area (Å²) in [7, 11) is 4.15. The Kier molecular flexibility index (Phi) is 11.6. The van der Waals surface area contributed by atoms with Crippen LogP contribution in [-0.4, -0.2) is 93.6 Å². The summed E-state index contributed by atoms with van der Waals surface area (Å²) in [6.45, 7) is 22.4. The zero-order chi connectivity index (χ0) is 41.2. The highest BCUT2D eigenvalue weighted by Crippen LogP contribution is 2.77. The molecule has 0 saturated heterocycles. The highest BCUT2D eigenvalue weighted by Gasteiger charge is 2.71. The molecule has 1 heterocycles. The SMILES string of the molecule is CC(C)C1=C2C3CCC4C5(C)CCC(OC(=O)CC(C)(C)C(=O)O)C(C)(C)C5CCC4(C)C3(C)CCC2(C(O)CN(CCN(C)C)Cc2ccncn2)CC1=O. The molecule has 0 bridgehead atoms. The van der Waals surface area contributed by atoms with Gasteiger partial charge < -0.3 is 19.8 Å². The number of carboxylic acids is 1. The maximum atomic E-state index is 14.3. The number of rotatable bonds is 13. The smallest absolute Gasteiger partial charge is 0.309 e. The van der Waals surface area contributed by atoms with Gasteiger partial charge in [-0.2, -0.15) is 0 Å². The number of likely N-dealkylation sites (N-methyl/N-ethyl adjacent to an activating group) is 1. The van der Waals surface area contributed by atoms with Gasteiger partial charge in [-0.25, -0.2) is 9.97 Å². The third-order valence-electron chi connectivity index (χ3n) is 16.8. The van der Waals surface area contributed by atoms with E-state index in [1.807, 2.05) is 6.07 Å². The molecular formula is C46H72N4O6. The van der Waals surface area contributed by atoms with Crippen LogP contribution in [0.2, 0.25) is 0 Å². The summed E-state index contributed by atoms with van der Waals surface area (Å²) in [6, 6.07) is 1.94. The van der Waals surface area contributed by atoms with Crippen LogP contribution in [0.15, 0.2) is 29.7 Å². The number of allylic oxidation sites excluding steroid dienone is 1. The number of Topliss-reactive ketones (excluding diaryl/α,β-unsaturated/α-hetero) is 1. The molecule has 0 amide bonds. The van der Waals surface area contributed by atoms with Gasteiger partial charge in [0.1, 0.15) is 12.4 Å². The van der Waals surface area contributed by atoms with Crippen molar-refractivity contribution in [3.05, 3.63) is 35.4 Å². The minimum absolute atomic E-state index is 0.0331. The van der Waals surface area contributed by atoms with Gasteiger partial charge in [-0.15, -0.1) is 0 Å². The number of carbonyl (C=O) groups excluding carboxylic acids is 2. The third-order valence-corrected chi connectivity index (χ3v) is 16.8. The van der Waals surface area contributed by atoms with E-state index in [-0.39, 0.29) is 51.8 Å². The molecule has 5 aliphatic rings. The number of esters is 1. The van der Waals surface area contributed by atoms with Crippen molar-refractivity contribution in [1.82, 2.24) is 19.8 Å². The Bertz CT molecular complexity index is 1690. The van der Waals surface area contributed by atoms with Gasteiger partial charge in [-0.1, -0.05) is 54.0 Å². The molecule has 4 saturated carbocycles. The summed E-state index contributed by atoms with van der Waals surface area (Å²) in [5.74, 6) is -0.0142. The van der Waals surface area contributed by atoms with E-state index in [9.17, 15) is 24.6 Å². The third kappa shape index (κ3) is 7.09. The summed E-state index contributed by atoms with van der Waals surface area (Å²) in [4.78, 5) is 52.3. The molecule has 0 aliphatic heterocycles. The Morgan fingerprint density at radius 1 is 0.964 bits per heavy atom. The fraction of sp³-hybridized carbons (Fsp3) is 0.804. The maximum Gasteiger partial charge on any atom is 0.309 e. The summed E-state index contributed by atoms with van der Waals surface area (Å²) >= 11 is 0. The quantitative estimate of drug-likeness (QED) is 0.193. The van der Waals surface area contributed by atoms with Crippen molar-refractivity contribution < 1.29 is 29.3 Å². The number of aliphatic hydroxyl groups excluding tert-OH is 1. The minimum Gasteiger partial charge on any atom is -0.481 e. The zero-order valence-corrected chi connectivity index (χ0v) is 36.4. The Labute approximate surface area is 336 Å². The van der Waals surface area contributed by atoms with Crippen LogP contribution < -0.4 is 0 Å². The molecule has 0 aromatic carbocycles. The molecule has 5 aliphatic carbocycles. The van der Waals surface area contributed by atoms with E-state index in [1.54, 1.807) is 26.4 Å². The monoisotopic (exact) mass is 777 g/mol. The van der Waals surface area contributed by atoms with Gasteiger partial charge in [-0.3, -0.25) is 19.3 Å². The van der Waals surface area contributed by atoms with E-state index < -0.39 is 28.9 Å². The topological polar surface area (TPSA) is 133 Å². The second-order valence-electron chi connectivity index (χ2n) is 21.3. The van der Waals surface area contributed by atoms with E-state index in [0.29, 0.717) is 31.3 Å². The molecule has 6 rings (SSSR count). The number of nitrogens with zero attached hydrogens (tertiary/aromatic N) is 4. The number of aliphatic carboxylic acids is 1. The van der Waals surface area contributed by atoms with Crippen LogP contribution in [0, 0.1) is 56.2 Å². The number of ketones is 1. The zero-order valence-electron chi connectivity index (χ0n) is 36.4. The number of hydrogen-bond donors (Lipinski definition) is 2. The van der Waals surface area contributed by atoms with Crippen molar-refractivity contribution in [3.8, 4) is 0 Å². The Hall–Kier alpha value is -2.69. The van der Waals surface area contributed by atoms with Crippen LogP contribution >= 0.6 is 0 Å². The van der Waals surface area contributed by atoms with Crippen LogP contribution in [-0.2, 0) is 25.7 Å². The maximum absolute atomic E-state index is 14.3. The predicted molar refractivity (Wildman–Crippen MR) is 217 cm³/mol. The van der Waals surface area contributed by atoms with Crippen molar-refractivity contribution in [2.75, 3.05) is 33.7 Å². The fourth-order valence-electron chi connectivity index (χ4n) is 13.5. The Morgan fingerprint density at radius 3 is 2.30 bits per heavy atom. The number of hydrogen-bond acceptors (Lipinski definition) is 9. The lowest BCUT2D eigenvalue weighted by Crippen LogP contribution is -2.66. The molecule has 10 nitrogen and oxygen atoms in total. The summed E-state index contributed by atoms with van der Waals surface area (Å²) in [5.41, 5.74) is 1.28. The van der Waals surface area contributed by atoms with Crippen LogP contribution in [0.5, 0.6) is 0 Å². The number of ether oxygens (including phenoxy) is 1. The average molecular weight is 777 g/mol. The molecule has 2 N–H and O–H groups in total. The molecule has 0 spiro atoms. The number of aliphatic hydroxyl groups is 1. The van der Waals surface area contributed by atoms with Crippen molar-refractivity contribution in [3.63, 3.8) is 0 Å². The van der Waals surface area contributed by atoms with E-state index in [1.165, 1.54) is 5.57 Å². The van der Waals surface area contributed by atoms with Crippen molar-refractivity contribution in [1.29, 1.82) is 0 Å². The lowest BCUT2D eigenvalue weighted by atomic mass is 9.33. The predicted octanol–water partition coefficient (Wildman–Crippen LogP) is 7.59. The molecule has 1 aromatic heterocycles. The minimum atomic E-state index is -1.17. The second kappa shape index (κ2) is 15.2. The second-order valence-corrected chi connectivity index (χ2v) is 21.3. The molecule has 312 valence electrons. The largest absolute Gasteiger partial charge is 0.481 e.